The predicted molar refractivity (Wildman–Crippen MR) is 91.1 cm³/mol. The Labute approximate surface area is 143 Å². The van der Waals surface area contributed by atoms with E-state index in [0.29, 0.717) is 17.7 Å². The largest absolute Gasteiger partial charge is 0.462 e. The summed E-state index contributed by atoms with van der Waals surface area (Å²) >= 11 is 5.74. The van der Waals surface area contributed by atoms with Crippen molar-refractivity contribution < 1.29 is 19.1 Å². The number of esters is 2. The molecule has 1 atom stereocenters. The van der Waals surface area contributed by atoms with Crippen molar-refractivity contribution in [3.63, 3.8) is 0 Å². The summed E-state index contributed by atoms with van der Waals surface area (Å²) in [6.45, 7) is 4.43. The number of alkyl halides is 1. The highest BCUT2D eigenvalue weighted by Crippen LogP contribution is 2.10. The highest BCUT2D eigenvalue weighted by atomic mass is 35.5. The first-order chi connectivity index (χ1) is 11.0. The minimum Gasteiger partial charge on any atom is -0.462 e. The maximum atomic E-state index is 12.0. The fourth-order valence-corrected chi connectivity index (χ4v) is 2.06. The van der Waals surface area contributed by atoms with Gasteiger partial charge in [0, 0.05) is 0 Å². The summed E-state index contributed by atoms with van der Waals surface area (Å²) in [6.07, 6.45) is 5.48. The fourth-order valence-electron chi connectivity index (χ4n) is 2.00. The predicted octanol–water partition coefficient (Wildman–Crippen LogP) is 4.60. The zero-order valence-corrected chi connectivity index (χ0v) is 14.6. The van der Waals surface area contributed by atoms with Crippen molar-refractivity contribution in [1.82, 2.24) is 0 Å². The number of carbonyl (C=O) groups excluding carboxylic acids is 2. The monoisotopic (exact) mass is 340 g/mol. The number of ether oxygens (including phenoxy) is 2. The minimum atomic E-state index is -0.494. The van der Waals surface area contributed by atoms with Crippen molar-refractivity contribution in [3.8, 4) is 0 Å². The lowest BCUT2D eigenvalue weighted by Gasteiger charge is -2.08. The van der Waals surface area contributed by atoms with Crippen molar-refractivity contribution >= 4 is 23.5 Å². The normalized spacial score (nSPS) is 11.8. The van der Waals surface area contributed by atoms with Gasteiger partial charge in [0.05, 0.1) is 23.1 Å². The van der Waals surface area contributed by atoms with E-state index in [1.807, 2.05) is 0 Å². The van der Waals surface area contributed by atoms with Gasteiger partial charge in [0.2, 0.25) is 0 Å². The minimum absolute atomic E-state index is 0.132. The third-order valence-electron chi connectivity index (χ3n) is 3.26. The van der Waals surface area contributed by atoms with Crippen LogP contribution in [0.2, 0.25) is 0 Å². The van der Waals surface area contributed by atoms with Crippen molar-refractivity contribution in [2.24, 2.45) is 0 Å². The molecule has 0 aliphatic rings. The quantitative estimate of drug-likeness (QED) is 0.355. The van der Waals surface area contributed by atoms with Crippen LogP contribution in [0.5, 0.6) is 0 Å². The van der Waals surface area contributed by atoms with E-state index in [1.165, 1.54) is 18.9 Å². The molecule has 5 heteroatoms. The zero-order chi connectivity index (χ0) is 17.1. The molecule has 0 aliphatic carbocycles. The molecular formula is C18H25ClO4. The Kier molecular flexibility index (Phi) is 9.37. The van der Waals surface area contributed by atoms with Gasteiger partial charge < -0.3 is 9.47 Å². The maximum absolute atomic E-state index is 12.0. The number of hydrogen-bond donors (Lipinski definition) is 0. The third kappa shape index (κ3) is 8.03. The summed E-state index contributed by atoms with van der Waals surface area (Å²) < 4.78 is 10.3. The molecule has 0 saturated heterocycles. The van der Waals surface area contributed by atoms with Crippen molar-refractivity contribution in [2.75, 3.05) is 13.2 Å². The molecule has 0 N–H and O–H groups in total. The Balaban J connectivity index is 2.45. The maximum Gasteiger partial charge on any atom is 0.338 e. The van der Waals surface area contributed by atoms with Crippen LogP contribution in [-0.4, -0.2) is 30.5 Å². The van der Waals surface area contributed by atoms with Crippen LogP contribution < -0.4 is 0 Å². The summed E-state index contributed by atoms with van der Waals surface area (Å²) in [7, 11) is 0. The second-order valence-corrected chi connectivity index (χ2v) is 6.26. The first kappa shape index (κ1) is 19.5. The Morgan fingerprint density at radius 1 is 1.04 bits per heavy atom. The lowest BCUT2D eigenvalue weighted by Crippen LogP contribution is -2.13. The average molecular weight is 341 g/mol. The molecule has 1 rings (SSSR count). The van der Waals surface area contributed by atoms with Gasteiger partial charge in [0.15, 0.2) is 0 Å². The van der Waals surface area contributed by atoms with Crippen molar-refractivity contribution in [1.29, 1.82) is 0 Å². The molecule has 0 amide bonds. The van der Waals surface area contributed by atoms with Gasteiger partial charge in [-0.25, -0.2) is 9.59 Å². The summed E-state index contributed by atoms with van der Waals surface area (Å²) in [5.74, 6) is -0.910. The van der Waals surface area contributed by atoms with Crippen LogP contribution in [0, 0.1) is 0 Å². The van der Waals surface area contributed by atoms with E-state index >= 15 is 0 Å². The molecule has 0 aromatic heterocycles. The molecule has 1 unspecified atom stereocenters. The highest BCUT2D eigenvalue weighted by Gasteiger charge is 2.13. The molecule has 128 valence electrons. The Hall–Kier alpha value is -1.55. The molecule has 0 fully saturated rings. The lowest BCUT2D eigenvalue weighted by atomic mass is 10.1. The molecule has 0 aliphatic heterocycles. The van der Waals surface area contributed by atoms with Gasteiger partial charge in [-0.3, -0.25) is 0 Å². The second-order valence-electron chi connectivity index (χ2n) is 5.51. The van der Waals surface area contributed by atoms with Gasteiger partial charge in [-0.2, -0.15) is 0 Å². The van der Waals surface area contributed by atoms with Gasteiger partial charge in [-0.05, 0) is 31.5 Å². The summed E-state index contributed by atoms with van der Waals surface area (Å²) in [5.41, 5.74) is 0.673. The number of halogens is 1. The molecule has 1 aromatic carbocycles. The molecule has 0 saturated carbocycles. The van der Waals surface area contributed by atoms with Gasteiger partial charge in [0.25, 0.3) is 0 Å². The number of rotatable bonds is 10. The molecule has 0 radical (unpaired) electrons. The van der Waals surface area contributed by atoms with Gasteiger partial charge >= 0.3 is 11.9 Å². The number of unbranched alkanes of at least 4 members (excludes halogenated alkanes) is 4. The molecule has 0 spiro atoms. The van der Waals surface area contributed by atoms with E-state index in [4.69, 9.17) is 21.1 Å². The molecule has 23 heavy (non-hydrogen) atoms. The van der Waals surface area contributed by atoms with Crippen LogP contribution in [-0.2, 0) is 9.47 Å². The fraction of sp³-hybridized carbons (Fsp3) is 0.556. The average Bonchev–Trinajstić information content (AvgIpc) is 2.55. The van der Waals surface area contributed by atoms with Gasteiger partial charge in [-0.15, -0.1) is 11.6 Å². The van der Waals surface area contributed by atoms with Crippen LogP contribution in [0.25, 0.3) is 0 Å². The summed E-state index contributed by atoms with van der Waals surface area (Å²) in [5, 5.41) is -0.250. The molecule has 4 nitrogen and oxygen atoms in total. The molecule has 0 heterocycles. The molecule has 1 aromatic rings. The standard InChI is InChI=1S/C18H25ClO4/c1-3-4-5-6-7-11-22-17(20)15-9-8-10-16(12-15)18(21)23-13-14(2)19/h8-10,12,14H,3-7,11,13H2,1-2H3. The van der Waals surface area contributed by atoms with Crippen molar-refractivity contribution in [3.05, 3.63) is 35.4 Å². The van der Waals surface area contributed by atoms with Crippen LogP contribution in [0.4, 0.5) is 0 Å². The van der Waals surface area contributed by atoms with E-state index in [1.54, 1.807) is 25.1 Å². The Morgan fingerprint density at radius 3 is 2.26 bits per heavy atom. The topological polar surface area (TPSA) is 52.6 Å². The van der Waals surface area contributed by atoms with Crippen molar-refractivity contribution in [2.45, 2.75) is 51.3 Å². The number of carbonyl (C=O) groups is 2. The van der Waals surface area contributed by atoms with E-state index in [2.05, 4.69) is 6.92 Å². The van der Waals surface area contributed by atoms with E-state index in [0.717, 1.165) is 19.3 Å². The van der Waals surface area contributed by atoms with E-state index in [9.17, 15) is 9.59 Å². The van der Waals surface area contributed by atoms with E-state index in [-0.39, 0.29) is 12.0 Å². The lowest BCUT2D eigenvalue weighted by molar-refractivity contribution is 0.0497. The second kappa shape index (κ2) is 11.1. The Morgan fingerprint density at radius 2 is 1.65 bits per heavy atom. The number of hydrogen-bond acceptors (Lipinski definition) is 4. The van der Waals surface area contributed by atoms with Crippen LogP contribution in [0.1, 0.15) is 66.7 Å². The van der Waals surface area contributed by atoms with Gasteiger partial charge in [0.1, 0.15) is 6.61 Å². The molecular weight excluding hydrogens is 316 g/mol. The summed E-state index contributed by atoms with van der Waals surface area (Å²) in [6, 6.07) is 6.35. The van der Waals surface area contributed by atoms with E-state index < -0.39 is 11.9 Å². The number of benzene rings is 1. The zero-order valence-electron chi connectivity index (χ0n) is 13.8. The Bertz CT molecular complexity index is 500. The SMILES string of the molecule is CCCCCCCOC(=O)c1cccc(C(=O)OCC(C)Cl)c1. The smallest absolute Gasteiger partial charge is 0.338 e. The first-order valence-electron chi connectivity index (χ1n) is 8.13. The van der Waals surface area contributed by atoms with Crippen LogP contribution >= 0.6 is 11.6 Å². The first-order valence-corrected chi connectivity index (χ1v) is 8.56. The van der Waals surface area contributed by atoms with Crippen LogP contribution in [0.3, 0.4) is 0 Å². The highest BCUT2D eigenvalue weighted by molar-refractivity contribution is 6.20. The summed E-state index contributed by atoms with van der Waals surface area (Å²) in [4.78, 5) is 23.8. The molecule has 0 bridgehead atoms. The third-order valence-corrected chi connectivity index (χ3v) is 3.39. The van der Waals surface area contributed by atoms with Crippen LogP contribution in [0.15, 0.2) is 24.3 Å². The van der Waals surface area contributed by atoms with Gasteiger partial charge in [-0.1, -0.05) is 38.7 Å².